The van der Waals surface area contributed by atoms with Crippen molar-refractivity contribution in [3.63, 3.8) is 0 Å². The van der Waals surface area contributed by atoms with Gasteiger partial charge < -0.3 is 16.4 Å². The van der Waals surface area contributed by atoms with Crippen molar-refractivity contribution >= 4 is 23.4 Å². The zero-order chi connectivity index (χ0) is 16.7. The molecule has 1 rings (SSSR count). The Morgan fingerprint density at radius 1 is 1.18 bits per heavy atom. The lowest BCUT2D eigenvalue weighted by Gasteiger charge is -2.16. The molecule has 22 heavy (non-hydrogen) atoms. The highest BCUT2D eigenvalue weighted by atomic mass is 16.2. The second kappa shape index (κ2) is 7.97. The maximum atomic E-state index is 12.3. The van der Waals surface area contributed by atoms with Crippen LogP contribution in [0.25, 0.3) is 0 Å². The van der Waals surface area contributed by atoms with Crippen LogP contribution in [0.5, 0.6) is 0 Å². The number of nitrogens with two attached hydrogens (primary N) is 1. The van der Waals surface area contributed by atoms with Crippen molar-refractivity contribution in [2.24, 2.45) is 5.73 Å². The fourth-order valence-electron chi connectivity index (χ4n) is 1.82. The minimum absolute atomic E-state index is 0.279. The molecule has 4 N–H and O–H groups in total. The van der Waals surface area contributed by atoms with Crippen LogP contribution in [0.3, 0.4) is 0 Å². The number of allylic oxidation sites excluding steroid dienone is 1. The molecule has 0 saturated carbocycles. The lowest BCUT2D eigenvalue weighted by molar-refractivity contribution is -0.119. The fraction of sp³-hybridized carbons (Fsp3) is 0.312. The Balaban J connectivity index is 2.93. The Kier molecular flexibility index (Phi) is 6.31. The monoisotopic (exact) mass is 303 g/mol. The average Bonchev–Trinajstić information content (AvgIpc) is 2.42. The number of anilines is 1. The summed E-state index contributed by atoms with van der Waals surface area (Å²) in [5.41, 5.74) is 7.01. The molecule has 0 heterocycles. The fourth-order valence-corrected chi connectivity index (χ4v) is 1.82. The summed E-state index contributed by atoms with van der Waals surface area (Å²) in [7, 11) is 0. The van der Waals surface area contributed by atoms with E-state index in [0.29, 0.717) is 12.1 Å². The Hall–Kier alpha value is -2.63. The van der Waals surface area contributed by atoms with Gasteiger partial charge in [-0.25, -0.2) is 0 Å². The predicted octanol–water partition coefficient (Wildman–Crippen LogP) is 1.58. The van der Waals surface area contributed by atoms with Gasteiger partial charge in [0.2, 0.25) is 11.8 Å². The molecule has 0 saturated heterocycles. The summed E-state index contributed by atoms with van der Waals surface area (Å²) in [6, 6.07) is 5.77. The molecule has 1 aromatic rings. The second-order valence-corrected chi connectivity index (χ2v) is 5.17. The number of rotatable bonds is 6. The van der Waals surface area contributed by atoms with Crippen LogP contribution < -0.4 is 16.4 Å². The van der Waals surface area contributed by atoms with E-state index in [-0.39, 0.29) is 11.5 Å². The number of nitrogens with one attached hydrogen (secondary N) is 2. The van der Waals surface area contributed by atoms with E-state index < -0.39 is 17.9 Å². The van der Waals surface area contributed by atoms with Crippen molar-refractivity contribution in [3.05, 3.63) is 41.5 Å². The van der Waals surface area contributed by atoms with Crippen LogP contribution >= 0.6 is 0 Å². The normalized spacial score (nSPS) is 11.2. The smallest absolute Gasteiger partial charge is 0.254 e. The minimum Gasteiger partial charge on any atom is -0.368 e. The average molecular weight is 303 g/mol. The number of hydrogen-bond acceptors (Lipinski definition) is 3. The van der Waals surface area contributed by atoms with E-state index in [0.717, 1.165) is 5.57 Å². The van der Waals surface area contributed by atoms with Gasteiger partial charge in [-0.1, -0.05) is 23.8 Å². The van der Waals surface area contributed by atoms with Gasteiger partial charge in [-0.3, -0.25) is 14.4 Å². The molecule has 6 heteroatoms. The van der Waals surface area contributed by atoms with Crippen molar-refractivity contribution in [3.8, 4) is 0 Å². The molecule has 6 nitrogen and oxygen atoms in total. The van der Waals surface area contributed by atoms with E-state index in [4.69, 9.17) is 5.73 Å². The highest BCUT2D eigenvalue weighted by Gasteiger charge is 2.19. The van der Waals surface area contributed by atoms with Gasteiger partial charge in [-0.15, -0.1) is 0 Å². The maximum absolute atomic E-state index is 12.3. The standard InChI is InChI=1S/C16H21N3O3/c1-10(2)8-9-14(15(17)21)19-16(22)12-6-4-5-7-13(12)18-11(3)20/h4-8,14H,9H2,1-3H3,(H2,17,21)(H,18,20)(H,19,22)/t14-/m0/s1. The minimum atomic E-state index is -0.798. The molecule has 1 aromatic carbocycles. The summed E-state index contributed by atoms with van der Waals surface area (Å²) in [6.45, 7) is 5.15. The van der Waals surface area contributed by atoms with Crippen molar-refractivity contribution in [2.75, 3.05) is 5.32 Å². The molecule has 0 unspecified atom stereocenters. The Bertz CT molecular complexity index is 604. The van der Waals surface area contributed by atoms with Gasteiger partial charge in [-0.05, 0) is 32.4 Å². The van der Waals surface area contributed by atoms with Gasteiger partial charge in [0.15, 0.2) is 0 Å². The third-order valence-electron chi connectivity index (χ3n) is 2.89. The number of amides is 3. The molecular weight excluding hydrogens is 282 g/mol. The van der Waals surface area contributed by atoms with E-state index in [1.165, 1.54) is 6.92 Å². The molecule has 0 aliphatic rings. The van der Waals surface area contributed by atoms with Crippen LogP contribution in [0.4, 0.5) is 5.69 Å². The van der Waals surface area contributed by atoms with Gasteiger partial charge in [0.05, 0.1) is 11.3 Å². The number of carbonyl (C=O) groups is 3. The number of carbonyl (C=O) groups excluding carboxylic acids is 3. The van der Waals surface area contributed by atoms with Gasteiger partial charge in [-0.2, -0.15) is 0 Å². The lowest BCUT2D eigenvalue weighted by atomic mass is 10.1. The number of hydrogen-bond donors (Lipinski definition) is 3. The molecular formula is C16H21N3O3. The summed E-state index contributed by atoms with van der Waals surface area (Å²) >= 11 is 0. The first-order valence-corrected chi connectivity index (χ1v) is 6.91. The van der Waals surface area contributed by atoms with Crippen molar-refractivity contribution < 1.29 is 14.4 Å². The molecule has 0 fully saturated rings. The third-order valence-corrected chi connectivity index (χ3v) is 2.89. The van der Waals surface area contributed by atoms with Gasteiger partial charge in [0, 0.05) is 6.92 Å². The topological polar surface area (TPSA) is 101 Å². The first-order chi connectivity index (χ1) is 10.3. The van der Waals surface area contributed by atoms with E-state index >= 15 is 0 Å². The number of para-hydroxylation sites is 1. The zero-order valence-corrected chi connectivity index (χ0v) is 13.0. The summed E-state index contributed by atoms with van der Waals surface area (Å²) in [5.74, 6) is -1.35. The molecule has 0 bridgehead atoms. The van der Waals surface area contributed by atoms with Gasteiger partial charge >= 0.3 is 0 Å². The quantitative estimate of drug-likeness (QED) is 0.695. The van der Waals surface area contributed by atoms with Crippen LogP contribution in [0.15, 0.2) is 35.9 Å². The highest BCUT2D eigenvalue weighted by molar-refractivity contribution is 6.04. The number of benzene rings is 1. The zero-order valence-electron chi connectivity index (χ0n) is 13.0. The van der Waals surface area contributed by atoms with Crippen LogP contribution in [-0.4, -0.2) is 23.8 Å². The maximum Gasteiger partial charge on any atom is 0.254 e. The van der Waals surface area contributed by atoms with Crippen molar-refractivity contribution in [1.82, 2.24) is 5.32 Å². The van der Waals surface area contributed by atoms with Crippen LogP contribution in [0, 0.1) is 0 Å². The summed E-state index contributed by atoms with van der Waals surface area (Å²) < 4.78 is 0. The molecule has 0 aliphatic heterocycles. The Labute approximate surface area is 129 Å². The van der Waals surface area contributed by atoms with Crippen LogP contribution in [-0.2, 0) is 9.59 Å². The first-order valence-electron chi connectivity index (χ1n) is 6.91. The van der Waals surface area contributed by atoms with E-state index in [2.05, 4.69) is 10.6 Å². The largest absolute Gasteiger partial charge is 0.368 e. The summed E-state index contributed by atoms with van der Waals surface area (Å²) in [5, 5.41) is 5.17. The summed E-state index contributed by atoms with van der Waals surface area (Å²) in [6.07, 6.45) is 2.15. The van der Waals surface area contributed by atoms with Gasteiger partial charge in [0.1, 0.15) is 6.04 Å². The molecule has 0 spiro atoms. The molecule has 0 aliphatic carbocycles. The lowest BCUT2D eigenvalue weighted by Crippen LogP contribution is -2.44. The van der Waals surface area contributed by atoms with Crippen molar-refractivity contribution in [2.45, 2.75) is 33.2 Å². The SMILES string of the molecule is CC(=O)Nc1ccccc1C(=O)N[C@@H](CC=C(C)C)C(N)=O. The molecule has 0 radical (unpaired) electrons. The Morgan fingerprint density at radius 2 is 1.82 bits per heavy atom. The van der Waals surface area contributed by atoms with E-state index in [1.807, 2.05) is 19.9 Å². The van der Waals surface area contributed by atoms with E-state index in [1.54, 1.807) is 24.3 Å². The van der Waals surface area contributed by atoms with E-state index in [9.17, 15) is 14.4 Å². The predicted molar refractivity (Wildman–Crippen MR) is 85.2 cm³/mol. The molecule has 118 valence electrons. The Morgan fingerprint density at radius 3 is 2.36 bits per heavy atom. The highest BCUT2D eigenvalue weighted by Crippen LogP contribution is 2.15. The molecule has 1 atom stereocenters. The molecule has 3 amide bonds. The van der Waals surface area contributed by atoms with Crippen molar-refractivity contribution in [1.29, 1.82) is 0 Å². The summed E-state index contributed by atoms with van der Waals surface area (Å²) in [4.78, 5) is 34.9. The number of primary amides is 1. The second-order valence-electron chi connectivity index (χ2n) is 5.17. The van der Waals surface area contributed by atoms with Crippen LogP contribution in [0.2, 0.25) is 0 Å². The third kappa shape index (κ3) is 5.40. The molecule has 0 aromatic heterocycles. The first kappa shape index (κ1) is 17.4. The van der Waals surface area contributed by atoms with Crippen LogP contribution in [0.1, 0.15) is 37.6 Å². The van der Waals surface area contributed by atoms with Gasteiger partial charge in [0.25, 0.3) is 5.91 Å².